The van der Waals surface area contributed by atoms with Crippen LogP contribution in [0, 0.1) is 6.92 Å². The van der Waals surface area contributed by atoms with E-state index in [9.17, 15) is 8.42 Å². The van der Waals surface area contributed by atoms with Crippen molar-refractivity contribution in [2.45, 2.75) is 31.2 Å². The average molecular weight is 441 g/mol. The summed E-state index contributed by atoms with van der Waals surface area (Å²) in [6, 6.07) is 10.6. The summed E-state index contributed by atoms with van der Waals surface area (Å²) in [6.07, 6.45) is 2.26. The molecule has 9 heteroatoms. The first-order chi connectivity index (χ1) is 15.0. The van der Waals surface area contributed by atoms with E-state index in [1.54, 1.807) is 6.07 Å². The summed E-state index contributed by atoms with van der Waals surface area (Å²) < 4.78 is 39.4. The average Bonchev–Trinajstić information content (AvgIpc) is 3.32. The third-order valence-electron chi connectivity index (χ3n) is 5.60. The minimum atomic E-state index is -3.77. The highest BCUT2D eigenvalue weighted by atomic mass is 32.2. The van der Waals surface area contributed by atoms with Crippen molar-refractivity contribution < 1.29 is 17.9 Å². The molecule has 1 N–H and O–H groups in total. The van der Waals surface area contributed by atoms with Gasteiger partial charge in [0.25, 0.3) is 0 Å². The van der Waals surface area contributed by atoms with E-state index >= 15 is 0 Å². The van der Waals surface area contributed by atoms with E-state index in [1.165, 1.54) is 12.1 Å². The molecule has 1 saturated heterocycles. The summed E-state index contributed by atoms with van der Waals surface area (Å²) >= 11 is 0. The van der Waals surface area contributed by atoms with E-state index in [0.29, 0.717) is 30.5 Å². The molecule has 162 valence electrons. The van der Waals surface area contributed by atoms with Crippen LogP contribution in [0.15, 0.2) is 41.3 Å². The molecular weight excluding hydrogens is 416 g/mol. The minimum absolute atomic E-state index is 0.00187. The Balaban J connectivity index is 1.44. The maximum Gasteiger partial charge on any atom is 0.241 e. The Morgan fingerprint density at radius 2 is 1.81 bits per heavy atom. The molecule has 0 bridgehead atoms. The predicted octanol–water partition coefficient (Wildman–Crippen LogP) is 2.79. The van der Waals surface area contributed by atoms with Gasteiger partial charge < -0.3 is 14.4 Å². The van der Waals surface area contributed by atoms with Crippen molar-refractivity contribution in [3.8, 4) is 11.5 Å². The Kier molecular flexibility index (Phi) is 5.15. The molecule has 2 aliphatic heterocycles. The largest absolute Gasteiger partial charge is 0.486 e. The number of anilines is 1. The van der Waals surface area contributed by atoms with E-state index in [0.717, 1.165) is 48.2 Å². The van der Waals surface area contributed by atoms with Gasteiger partial charge in [-0.15, -0.1) is 0 Å². The molecule has 0 atom stereocenters. The first kappa shape index (κ1) is 20.0. The smallest absolute Gasteiger partial charge is 0.241 e. The van der Waals surface area contributed by atoms with Crippen LogP contribution in [0.5, 0.6) is 11.5 Å². The fourth-order valence-electron chi connectivity index (χ4n) is 4.01. The monoisotopic (exact) mass is 440 g/mol. The molecule has 0 radical (unpaired) electrons. The van der Waals surface area contributed by atoms with Gasteiger partial charge in [0.05, 0.1) is 17.0 Å². The van der Waals surface area contributed by atoms with Crippen molar-refractivity contribution in [1.29, 1.82) is 0 Å². The third-order valence-corrected chi connectivity index (χ3v) is 7.00. The first-order valence-electron chi connectivity index (χ1n) is 10.4. The second kappa shape index (κ2) is 7.97. The summed E-state index contributed by atoms with van der Waals surface area (Å²) in [7, 11) is -3.77. The number of fused-ring (bicyclic) bond motifs is 2. The zero-order valence-electron chi connectivity index (χ0n) is 17.3. The fourth-order valence-corrected chi connectivity index (χ4v) is 5.00. The first-order valence-corrected chi connectivity index (χ1v) is 11.9. The minimum Gasteiger partial charge on any atom is -0.486 e. The van der Waals surface area contributed by atoms with E-state index in [1.807, 2.05) is 25.1 Å². The number of aryl methyl sites for hydroxylation is 1. The fraction of sp³-hybridized carbons (Fsp3) is 0.364. The van der Waals surface area contributed by atoms with Crippen LogP contribution in [-0.4, -0.2) is 44.7 Å². The molecule has 3 heterocycles. The quantitative estimate of drug-likeness (QED) is 0.652. The second-order valence-electron chi connectivity index (χ2n) is 7.76. The van der Waals surface area contributed by atoms with Gasteiger partial charge in [0.2, 0.25) is 10.0 Å². The van der Waals surface area contributed by atoms with Crippen LogP contribution in [0.2, 0.25) is 0 Å². The number of rotatable bonds is 5. The van der Waals surface area contributed by atoms with Crippen LogP contribution in [0.4, 0.5) is 5.82 Å². The number of aromatic nitrogens is 2. The number of nitrogens with one attached hydrogen (secondary N) is 1. The Labute approximate surface area is 181 Å². The van der Waals surface area contributed by atoms with Gasteiger partial charge in [-0.1, -0.05) is 12.1 Å². The molecule has 31 heavy (non-hydrogen) atoms. The number of benzene rings is 2. The van der Waals surface area contributed by atoms with Gasteiger partial charge in [0.15, 0.2) is 11.5 Å². The Bertz CT molecular complexity index is 1240. The molecule has 5 rings (SSSR count). The zero-order chi connectivity index (χ0) is 21.4. The summed E-state index contributed by atoms with van der Waals surface area (Å²) in [4.78, 5) is 11.8. The Morgan fingerprint density at radius 3 is 2.61 bits per heavy atom. The van der Waals surface area contributed by atoms with Gasteiger partial charge in [-0.05, 0) is 43.5 Å². The zero-order valence-corrected chi connectivity index (χ0v) is 18.1. The van der Waals surface area contributed by atoms with E-state index in [-0.39, 0.29) is 11.4 Å². The highest BCUT2D eigenvalue weighted by Gasteiger charge is 2.22. The summed E-state index contributed by atoms with van der Waals surface area (Å²) in [5, 5.41) is 1.00. The number of nitrogens with zero attached hydrogens (tertiary/aromatic N) is 3. The summed E-state index contributed by atoms with van der Waals surface area (Å²) in [5.41, 5.74) is 1.89. The number of ether oxygens (including phenoxy) is 2. The molecule has 2 aromatic carbocycles. The lowest BCUT2D eigenvalue weighted by atomic mass is 10.1. The number of para-hydroxylation sites is 1. The van der Waals surface area contributed by atoms with Gasteiger partial charge >= 0.3 is 0 Å². The number of hydrogen-bond donors (Lipinski definition) is 1. The van der Waals surface area contributed by atoms with Crippen LogP contribution >= 0.6 is 0 Å². The van der Waals surface area contributed by atoms with Crippen LogP contribution < -0.4 is 19.1 Å². The van der Waals surface area contributed by atoms with Crippen molar-refractivity contribution in [3.63, 3.8) is 0 Å². The lowest BCUT2D eigenvalue weighted by Crippen LogP contribution is -2.26. The molecule has 0 aliphatic carbocycles. The second-order valence-corrected chi connectivity index (χ2v) is 9.53. The topological polar surface area (TPSA) is 93.7 Å². The van der Waals surface area contributed by atoms with E-state index in [4.69, 9.17) is 14.5 Å². The maximum atomic E-state index is 12.9. The molecule has 0 spiro atoms. The van der Waals surface area contributed by atoms with Crippen molar-refractivity contribution in [2.75, 3.05) is 31.2 Å². The Morgan fingerprint density at radius 1 is 1.03 bits per heavy atom. The van der Waals surface area contributed by atoms with Crippen LogP contribution in [0.1, 0.15) is 24.2 Å². The molecule has 1 aromatic heterocycles. The number of hydrogen-bond acceptors (Lipinski definition) is 7. The molecule has 0 unspecified atom stereocenters. The summed E-state index contributed by atoms with van der Waals surface area (Å²) in [6.45, 7) is 4.75. The molecule has 8 nitrogen and oxygen atoms in total. The van der Waals surface area contributed by atoms with Crippen molar-refractivity contribution >= 4 is 26.7 Å². The standard InChI is InChI=1S/C22H24N4O4S/c1-15-5-4-6-17-21(15)24-20(25-22(17)26-9-2-3-10-26)14-23-31(27,28)16-7-8-18-19(13-16)30-12-11-29-18/h4-8,13,23H,2-3,9-12,14H2,1H3. The number of sulfonamides is 1. The van der Waals surface area contributed by atoms with Gasteiger partial charge in [0.1, 0.15) is 24.9 Å². The highest BCUT2D eigenvalue weighted by molar-refractivity contribution is 7.89. The molecule has 0 saturated carbocycles. The molecule has 3 aromatic rings. The maximum absolute atomic E-state index is 12.9. The Hall–Kier alpha value is -2.91. The molecule has 1 fully saturated rings. The van der Waals surface area contributed by atoms with Crippen molar-refractivity contribution in [3.05, 3.63) is 47.8 Å². The van der Waals surface area contributed by atoms with Gasteiger partial charge in [-0.2, -0.15) is 0 Å². The van der Waals surface area contributed by atoms with E-state index < -0.39 is 10.0 Å². The molecule has 0 amide bonds. The van der Waals surface area contributed by atoms with Crippen LogP contribution in [0.25, 0.3) is 10.9 Å². The van der Waals surface area contributed by atoms with Crippen molar-refractivity contribution in [1.82, 2.24) is 14.7 Å². The molecule has 2 aliphatic rings. The van der Waals surface area contributed by atoms with Gasteiger partial charge in [0, 0.05) is 24.5 Å². The normalized spacial score (nSPS) is 16.1. The van der Waals surface area contributed by atoms with Gasteiger partial charge in [-0.3, -0.25) is 0 Å². The lowest BCUT2D eigenvalue weighted by molar-refractivity contribution is 0.171. The van der Waals surface area contributed by atoms with E-state index in [2.05, 4.69) is 14.6 Å². The predicted molar refractivity (Wildman–Crippen MR) is 117 cm³/mol. The van der Waals surface area contributed by atoms with Crippen LogP contribution in [0.3, 0.4) is 0 Å². The molecular formula is C22H24N4O4S. The third kappa shape index (κ3) is 3.90. The van der Waals surface area contributed by atoms with Crippen molar-refractivity contribution in [2.24, 2.45) is 0 Å². The summed E-state index contributed by atoms with van der Waals surface area (Å²) in [5.74, 6) is 2.31. The lowest BCUT2D eigenvalue weighted by Gasteiger charge is -2.20. The SMILES string of the molecule is Cc1cccc2c(N3CCCC3)nc(CNS(=O)(=O)c3ccc4c(c3)OCCO4)nc12. The highest BCUT2D eigenvalue weighted by Crippen LogP contribution is 2.32. The van der Waals surface area contributed by atoms with Gasteiger partial charge in [-0.25, -0.2) is 23.1 Å². The van der Waals surface area contributed by atoms with Crippen LogP contribution in [-0.2, 0) is 16.6 Å².